The predicted molar refractivity (Wildman–Crippen MR) is 111 cm³/mol. The van der Waals surface area contributed by atoms with Crippen LogP contribution in [-0.4, -0.2) is 21.0 Å². The van der Waals surface area contributed by atoms with Crippen molar-refractivity contribution in [3.63, 3.8) is 0 Å². The number of hydrogen-bond donors (Lipinski definition) is 0. The van der Waals surface area contributed by atoms with E-state index in [1.165, 1.54) is 0 Å². The Kier molecular flexibility index (Phi) is 4.73. The van der Waals surface area contributed by atoms with E-state index in [-0.39, 0.29) is 0 Å². The molecule has 2 aromatic carbocycles. The summed E-state index contributed by atoms with van der Waals surface area (Å²) in [4.78, 5) is 9.04. The first-order valence-corrected chi connectivity index (χ1v) is 9.16. The molecule has 0 aliphatic rings. The number of halogens is 1. The van der Waals surface area contributed by atoms with Crippen molar-refractivity contribution in [1.82, 2.24) is 14.8 Å². The average molecular weight is 375 g/mol. The highest BCUT2D eigenvalue weighted by Gasteiger charge is 2.10. The van der Waals surface area contributed by atoms with Gasteiger partial charge in [0.2, 0.25) is 0 Å². The standard InChI is InChI=1S/C22H19ClN4/c1-15-11-16(2)22(19(23)12-15)25-13-20-18-8-3-4-9-21(18)27(26-20)14-17-7-5-6-10-24-17/h3-13H,14H2,1-2H3/b25-13+. The molecule has 2 aromatic heterocycles. The van der Waals surface area contributed by atoms with Crippen molar-refractivity contribution in [3.8, 4) is 0 Å². The first-order chi connectivity index (χ1) is 13.1. The lowest BCUT2D eigenvalue weighted by Crippen LogP contribution is -2.03. The van der Waals surface area contributed by atoms with Crippen LogP contribution >= 0.6 is 11.6 Å². The average Bonchev–Trinajstić information content (AvgIpc) is 3.00. The smallest absolute Gasteiger partial charge is 0.111 e. The summed E-state index contributed by atoms with van der Waals surface area (Å²) in [5, 5.41) is 6.47. The van der Waals surface area contributed by atoms with Crippen molar-refractivity contribution in [3.05, 3.63) is 88.3 Å². The number of para-hydroxylation sites is 1. The first-order valence-electron chi connectivity index (χ1n) is 8.78. The van der Waals surface area contributed by atoms with Crippen LogP contribution in [0.4, 0.5) is 5.69 Å². The minimum absolute atomic E-state index is 0.611. The molecule has 4 rings (SSSR count). The summed E-state index contributed by atoms with van der Waals surface area (Å²) in [5.41, 5.74) is 5.79. The molecule has 5 heteroatoms. The highest BCUT2D eigenvalue weighted by molar-refractivity contribution is 6.33. The largest absolute Gasteiger partial charge is 0.259 e. The number of nitrogens with zero attached hydrogens (tertiary/aromatic N) is 4. The number of rotatable bonds is 4. The van der Waals surface area contributed by atoms with Crippen LogP contribution in [0.25, 0.3) is 10.9 Å². The van der Waals surface area contributed by atoms with Gasteiger partial charge in [0.25, 0.3) is 0 Å². The highest BCUT2D eigenvalue weighted by atomic mass is 35.5. The quantitative estimate of drug-likeness (QED) is 0.442. The number of aliphatic imine (C=N–C) groups is 1. The fourth-order valence-corrected chi connectivity index (χ4v) is 3.58. The van der Waals surface area contributed by atoms with Crippen LogP contribution in [0.1, 0.15) is 22.5 Å². The van der Waals surface area contributed by atoms with Crippen LogP contribution in [0.3, 0.4) is 0 Å². The molecule has 0 amide bonds. The zero-order valence-electron chi connectivity index (χ0n) is 15.2. The fourth-order valence-electron chi connectivity index (χ4n) is 3.21. The molecule has 134 valence electrons. The van der Waals surface area contributed by atoms with Crippen molar-refractivity contribution < 1.29 is 0 Å². The molecule has 4 aromatic rings. The predicted octanol–water partition coefficient (Wildman–Crippen LogP) is 5.50. The van der Waals surface area contributed by atoms with Crippen LogP contribution in [0, 0.1) is 13.8 Å². The van der Waals surface area contributed by atoms with Crippen molar-refractivity contribution >= 4 is 34.4 Å². The van der Waals surface area contributed by atoms with Gasteiger partial charge in [-0.05, 0) is 49.2 Å². The van der Waals surface area contributed by atoms with Gasteiger partial charge < -0.3 is 0 Å². The van der Waals surface area contributed by atoms with E-state index >= 15 is 0 Å². The minimum atomic E-state index is 0.611. The van der Waals surface area contributed by atoms with Gasteiger partial charge in [-0.1, -0.05) is 41.9 Å². The molecular formula is C22H19ClN4. The Hall–Kier alpha value is -2.98. The van der Waals surface area contributed by atoms with Crippen molar-refractivity contribution in [2.24, 2.45) is 4.99 Å². The molecule has 0 saturated carbocycles. The van der Waals surface area contributed by atoms with E-state index in [1.54, 1.807) is 12.4 Å². The molecule has 2 heterocycles. The third-order valence-electron chi connectivity index (χ3n) is 4.44. The topological polar surface area (TPSA) is 43.1 Å². The van der Waals surface area contributed by atoms with Gasteiger partial charge in [-0.25, -0.2) is 0 Å². The van der Waals surface area contributed by atoms with E-state index in [2.05, 4.69) is 28.2 Å². The van der Waals surface area contributed by atoms with Gasteiger partial charge in [0.05, 0.1) is 34.7 Å². The Morgan fingerprint density at radius 2 is 1.89 bits per heavy atom. The third-order valence-corrected chi connectivity index (χ3v) is 4.73. The molecule has 0 bridgehead atoms. The van der Waals surface area contributed by atoms with Crippen LogP contribution < -0.4 is 0 Å². The zero-order chi connectivity index (χ0) is 18.8. The van der Waals surface area contributed by atoms with Crippen LogP contribution in [0.5, 0.6) is 0 Å². The van der Waals surface area contributed by atoms with E-state index in [0.29, 0.717) is 11.6 Å². The van der Waals surface area contributed by atoms with Crippen LogP contribution in [0.2, 0.25) is 5.02 Å². The van der Waals surface area contributed by atoms with Gasteiger partial charge in [0, 0.05) is 11.6 Å². The molecule has 0 atom stereocenters. The molecule has 0 N–H and O–H groups in total. The van der Waals surface area contributed by atoms with E-state index in [0.717, 1.165) is 39.1 Å². The Bertz CT molecular complexity index is 1110. The number of fused-ring (bicyclic) bond motifs is 1. The maximum absolute atomic E-state index is 6.38. The van der Waals surface area contributed by atoms with E-state index < -0.39 is 0 Å². The lowest BCUT2D eigenvalue weighted by atomic mass is 10.1. The third kappa shape index (κ3) is 3.62. The summed E-state index contributed by atoms with van der Waals surface area (Å²) in [6, 6.07) is 18.1. The van der Waals surface area contributed by atoms with E-state index in [1.807, 2.05) is 54.9 Å². The number of pyridine rings is 1. The summed E-state index contributed by atoms with van der Waals surface area (Å²) in [7, 11) is 0. The zero-order valence-corrected chi connectivity index (χ0v) is 16.0. The SMILES string of the molecule is Cc1cc(C)c(/N=C/c2nn(Cc3ccccn3)c3ccccc23)c(Cl)c1. The fraction of sp³-hybridized carbons (Fsp3) is 0.136. The molecule has 0 saturated heterocycles. The second-order valence-corrected chi connectivity index (χ2v) is 6.96. The summed E-state index contributed by atoms with van der Waals surface area (Å²) >= 11 is 6.38. The van der Waals surface area contributed by atoms with Crippen molar-refractivity contribution in [2.75, 3.05) is 0 Å². The molecular weight excluding hydrogens is 356 g/mol. The molecule has 0 fully saturated rings. The van der Waals surface area contributed by atoms with Gasteiger partial charge in [-0.15, -0.1) is 0 Å². The number of aryl methyl sites for hydroxylation is 2. The van der Waals surface area contributed by atoms with Gasteiger partial charge in [-0.2, -0.15) is 5.10 Å². The van der Waals surface area contributed by atoms with Gasteiger partial charge in [0.15, 0.2) is 0 Å². The maximum atomic E-state index is 6.38. The number of benzene rings is 2. The lowest BCUT2D eigenvalue weighted by molar-refractivity contribution is 0.695. The Balaban J connectivity index is 1.75. The number of aromatic nitrogens is 3. The second kappa shape index (κ2) is 7.33. The summed E-state index contributed by atoms with van der Waals surface area (Å²) < 4.78 is 1.96. The second-order valence-electron chi connectivity index (χ2n) is 6.55. The minimum Gasteiger partial charge on any atom is -0.259 e. The van der Waals surface area contributed by atoms with Gasteiger partial charge in [0.1, 0.15) is 5.69 Å². The monoisotopic (exact) mass is 374 g/mol. The summed E-state index contributed by atoms with van der Waals surface area (Å²) in [6.45, 7) is 4.65. The van der Waals surface area contributed by atoms with E-state index in [9.17, 15) is 0 Å². The first kappa shape index (κ1) is 17.4. The Morgan fingerprint density at radius 3 is 2.67 bits per heavy atom. The van der Waals surface area contributed by atoms with Crippen LogP contribution in [-0.2, 0) is 6.54 Å². The van der Waals surface area contributed by atoms with Gasteiger partial charge in [-0.3, -0.25) is 14.7 Å². The normalized spacial score (nSPS) is 11.5. The maximum Gasteiger partial charge on any atom is 0.111 e. The molecule has 27 heavy (non-hydrogen) atoms. The molecule has 0 aliphatic heterocycles. The molecule has 0 aliphatic carbocycles. The highest BCUT2D eigenvalue weighted by Crippen LogP contribution is 2.30. The molecule has 4 nitrogen and oxygen atoms in total. The molecule has 0 spiro atoms. The summed E-state index contributed by atoms with van der Waals surface area (Å²) in [5.74, 6) is 0. The van der Waals surface area contributed by atoms with Crippen LogP contribution in [0.15, 0.2) is 65.8 Å². The molecule has 0 unspecified atom stereocenters. The van der Waals surface area contributed by atoms with Crippen molar-refractivity contribution in [1.29, 1.82) is 0 Å². The Morgan fingerprint density at radius 1 is 1.07 bits per heavy atom. The summed E-state index contributed by atoms with van der Waals surface area (Å²) in [6.07, 6.45) is 3.59. The number of hydrogen-bond acceptors (Lipinski definition) is 3. The molecule has 0 radical (unpaired) electrons. The lowest BCUT2D eigenvalue weighted by Gasteiger charge is -2.04. The van der Waals surface area contributed by atoms with E-state index in [4.69, 9.17) is 16.7 Å². The Labute approximate surface area is 163 Å². The van der Waals surface area contributed by atoms with Gasteiger partial charge >= 0.3 is 0 Å². The van der Waals surface area contributed by atoms with Crippen molar-refractivity contribution in [2.45, 2.75) is 20.4 Å².